The van der Waals surface area contributed by atoms with Crippen molar-refractivity contribution in [3.8, 4) is 0 Å². The monoisotopic (exact) mass is 359 g/mol. The molecule has 26 heavy (non-hydrogen) atoms. The molecular weight excluding hydrogens is 330 g/mol. The lowest BCUT2D eigenvalue weighted by molar-refractivity contribution is -0.150. The number of hydrogen-bond acceptors (Lipinski definition) is 4. The van der Waals surface area contributed by atoms with E-state index in [2.05, 4.69) is 9.88 Å². The molecule has 142 valence electrons. The molecule has 1 unspecified atom stereocenters. The molecule has 1 amide bonds. The first kappa shape index (κ1) is 18.7. The van der Waals surface area contributed by atoms with E-state index in [1.807, 2.05) is 26.0 Å². The molecule has 1 aromatic heterocycles. The Balaban J connectivity index is 1.69. The van der Waals surface area contributed by atoms with Gasteiger partial charge in [-0.3, -0.25) is 9.59 Å². The fourth-order valence-corrected chi connectivity index (χ4v) is 4.08. The van der Waals surface area contributed by atoms with Crippen molar-refractivity contribution in [2.45, 2.75) is 46.0 Å². The summed E-state index contributed by atoms with van der Waals surface area (Å²) in [6, 6.07) is 3.74. The van der Waals surface area contributed by atoms with Crippen LogP contribution in [0.4, 0.5) is 5.82 Å². The number of carbonyl (C=O) groups is 2. The summed E-state index contributed by atoms with van der Waals surface area (Å²) in [4.78, 5) is 33.0. The SMILES string of the molecule is CC(C)C1(C(=O)O)CCN(C(=O)c2ccc(N3CCCCCC3)nc2)C1. The van der Waals surface area contributed by atoms with Crippen molar-refractivity contribution in [3.63, 3.8) is 0 Å². The summed E-state index contributed by atoms with van der Waals surface area (Å²) in [5, 5.41) is 9.65. The smallest absolute Gasteiger partial charge is 0.311 e. The maximum absolute atomic E-state index is 12.8. The number of anilines is 1. The van der Waals surface area contributed by atoms with Crippen molar-refractivity contribution in [2.24, 2.45) is 11.3 Å². The molecule has 1 N–H and O–H groups in total. The molecule has 0 aromatic carbocycles. The highest BCUT2D eigenvalue weighted by atomic mass is 16.4. The minimum absolute atomic E-state index is 0.0127. The van der Waals surface area contributed by atoms with Gasteiger partial charge in [0.1, 0.15) is 5.82 Å². The topological polar surface area (TPSA) is 73.7 Å². The summed E-state index contributed by atoms with van der Waals surface area (Å²) in [7, 11) is 0. The predicted octanol–water partition coefficient (Wildman–Crippen LogP) is 3.03. The standard InChI is InChI=1S/C20H29N3O3/c1-15(2)20(19(25)26)9-12-23(14-20)18(24)16-7-8-17(21-13-16)22-10-5-3-4-6-11-22/h7-8,13,15H,3-6,9-12,14H2,1-2H3,(H,25,26). The van der Waals surface area contributed by atoms with Crippen molar-refractivity contribution in [1.29, 1.82) is 0 Å². The van der Waals surface area contributed by atoms with Crippen molar-refractivity contribution in [2.75, 3.05) is 31.1 Å². The van der Waals surface area contributed by atoms with Crippen LogP contribution in [0.2, 0.25) is 0 Å². The number of carbonyl (C=O) groups excluding carboxylic acids is 1. The average molecular weight is 359 g/mol. The number of nitrogens with zero attached hydrogens (tertiary/aromatic N) is 3. The molecule has 6 nitrogen and oxygen atoms in total. The Labute approximate surface area is 155 Å². The zero-order valence-corrected chi connectivity index (χ0v) is 15.8. The number of amides is 1. The Hall–Kier alpha value is -2.11. The quantitative estimate of drug-likeness (QED) is 0.894. The molecule has 3 heterocycles. The second-order valence-corrected chi connectivity index (χ2v) is 7.90. The first-order valence-electron chi connectivity index (χ1n) is 9.68. The number of aliphatic carboxylic acids is 1. The normalized spacial score (nSPS) is 24.0. The first-order chi connectivity index (χ1) is 12.4. The Morgan fingerprint density at radius 1 is 1.12 bits per heavy atom. The van der Waals surface area contributed by atoms with Gasteiger partial charge >= 0.3 is 5.97 Å². The summed E-state index contributed by atoms with van der Waals surface area (Å²) < 4.78 is 0. The van der Waals surface area contributed by atoms with E-state index in [-0.39, 0.29) is 18.4 Å². The van der Waals surface area contributed by atoms with E-state index in [1.54, 1.807) is 11.1 Å². The molecule has 6 heteroatoms. The highest BCUT2D eigenvalue weighted by molar-refractivity contribution is 5.95. The summed E-state index contributed by atoms with van der Waals surface area (Å²) in [5.74, 6) is -0.0191. The summed E-state index contributed by atoms with van der Waals surface area (Å²) in [5.41, 5.74) is -0.303. The molecule has 2 aliphatic heterocycles. The number of carboxylic acids is 1. The number of aromatic nitrogens is 1. The van der Waals surface area contributed by atoms with Gasteiger partial charge in [-0.25, -0.2) is 4.98 Å². The van der Waals surface area contributed by atoms with Crippen LogP contribution in [0.5, 0.6) is 0 Å². The average Bonchev–Trinajstić information content (AvgIpc) is 2.92. The number of carboxylic acid groups (broad SMARTS) is 1. The van der Waals surface area contributed by atoms with Crippen LogP contribution in [0.15, 0.2) is 18.3 Å². The molecule has 0 spiro atoms. The van der Waals surface area contributed by atoms with E-state index in [9.17, 15) is 14.7 Å². The van der Waals surface area contributed by atoms with E-state index >= 15 is 0 Å². The van der Waals surface area contributed by atoms with Gasteiger partial charge in [0.25, 0.3) is 5.91 Å². The van der Waals surface area contributed by atoms with Gasteiger partial charge in [0.05, 0.1) is 11.0 Å². The van der Waals surface area contributed by atoms with Crippen LogP contribution in [-0.2, 0) is 4.79 Å². The second-order valence-electron chi connectivity index (χ2n) is 7.90. The molecule has 2 aliphatic rings. The van der Waals surface area contributed by atoms with Crippen LogP contribution in [0.1, 0.15) is 56.3 Å². The highest BCUT2D eigenvalue weighted by Crippen LogP contribution is 2.38. The molecule has 1 aromatic rings. The zero-order chi connectivity index (χ0) is 18.7. The van der Waals surface area contributed by atoms with Gasteiger partial charge < -0.3 is 14.9 Å². The zero-order valence-electron chi connectivity index (χ0n) is 15.8. The lowest BCUT2D eigenvalue weighted by Gasteiger charge is -2.28. The molecular formula is C20H29N3O3. The lowest BCUT2D eigenvalue weighted by Crippen LogP contribution is -2.40. The largest absolute Gasteiger partial charge is 0.481 e. The van der Waals surface area contributed by atoms with Crippen LogP contribution in [0, 0.1) is 11.3 Å². The third-order valence-corrected chi connectivity index (χ3v) is 6.04. The molecule has 1 atom stereocenters. The minimum Gasteiger partial charge on any atom is -0.481 e. The molecule has 3 rings (SSSR count). The number of pyridine rings is 1. The Kier molecular flexibility index (Phi) is 5.49. The second kappa shape index (κ2) is 7.64. The molecule has 0 saturated carbocycles. The predicted molar refractivity (Wildman–Crippen MR) is 100 cm³/mol. The van der Waals surface area contributed by atoms with Crippen LogP contribution >= 0.6 is 0 Å². The Morgan fingerprint density at radius 3 is 2.31 bits per heavy atom. The van der Waals surface area contributed by atoms with E-state index in [4.69, 9.17) is 0 Å². The van der Waals surface area contributed by atoms with E-state index in [0.717, 1.165) is 18.9 Å². The Bertz CT molecular complexity index is 651. The summed E-state index contributed by atoms with van der Waals surface area (Å²) in [6.07, 6.45) is 7.04. The van der Waals surface area contributed by atoms with Gasteiger partial charge in [0.2, 0.25) is 0 Å². The van der Waals surface area contributed by atoms with E-state index in [0.29, 0.717) is 18.5 Å². The van der Waals surface area contributed by atoms with Gasteiger partial charge in [0, 0.05) is 32.4 Å². The molecule has 2 fully saturated rings. The van der Waals surface area contributed by atoms with Crippen molar-refractivity contribution in [3.05, 3.63) is 23.9 Å². The van der Waals surface area contributed by atoms with E-state index in [1.165, 1.54) is 25.7 Å². The maximum atomic E-state index is 12.8. The fraction of sp³-hybridized carbons (Fsp3) is 0.650. The van der Waals surface area contributed by atoms with Gasteiger partial charge in [-0.1, -0.05) is 26.7 Å². The highest BCUT2D eigenvalue weighted by Gasteiger charge is 2.48. The third-order valence-electron chi connectivity index (χ3n) is 6.04. The van der Waals surface area contributed by atoms with Crippen LogP contribution in [0.3, 0.4) is 0 Å². The number of hydrogen-bond donors (Lipinski definition) is 1. The molecule has 0 bridgehead atoms. The first-order valence-corrected chi connectivity index (χ1v) is 9.68. The summed E-state index contributed by atoms with van der Waals surface area (Å²) >= 11 is 0. The maximum Gasteiger partial charge on any atom is 0.311 e. The molecule has 2 saturated heterocycles. The van der Waals surface area contributed by atoms with Crippen LogP contribution < -0.4 is 4.90 Å². The van der Waals surface area contributed by atoms with Crippen LogP contribution in [0.25, 0.3) is 0 Å². The number of rotatable bonds is 4. The Morgan fingerprint density at radius 2 is 1.81 bits per heavy atom. The van der Waals surface area contributed by atoms with Gasteiger partial charge in [-0.05, 0) is 37.3 Å². The minimum atomic E-state index is -0.838. The van der Waals surface area contributed by atoms with Gasteiger partial charge in [0.15, 0.2) is 0 Å². The fourth-order valence-electron chi connectivity index (χ4n) is 4.08. The van der Waals surface area contributed by atoms with Gasteiger partial charge in [-0.15, -0.1) is 0 Å². The van der Waals surface area contributed by atoms with Crippen molar-refractivity contribution in [1.82, 2.24) is 9.88 Å². The third kappa shape index (κ3) is 3.55. The van der Waals surface area contributed by atoms with Crippen molar-refractivity contribution < 1.29 is 14.7 Å². The lowest BCUT2D eigenvalue weighted by atomic mass is 9.76. The van der Waals surface area contributed by atoms with Crippen LogP contribution in [-0.4, -0.2) is 53.0 Å². The molecule has 0 radical (unpaired) electrons. The van der Waals surface area contributed by atoms with Crippen molar-refractivity contribution >= 4 is 17.7 Å². The molecule has 0 aliphatic carbocycles. The van der Waals surface area contributed by atoms with Gasteiger partial charge in [-0.2, -0.15) is 0 Å². The van der Waals surface area contributed by atoms with E-state index < -0.39 is 11.4 Å². The summed E-state index contributed by atoms with van der Waals surface area (Å²) in [6.45, 7) is 6.62. The number of likely N-dealkylation sites (tertiary alicyclic amines) is 1.